The average molecular weight is 348 g/mol. The van der Waals surface area contributed by atoms with Crippen LogP contribution in [0.25, 0.3) is 6.08 Å². The van der Waals surface area contributed by atoms with E-state index in [4.69, 9.17) is 11.6 Å². The van der Waals surface area contributed by atoms with Crippen molar-refractivity contribution < 1.29 is 14.7 Å². The Morgan fingerprint density at radius 1 is 1.17 bits per heavy atom. The second kappa shape index (κ2) is 7.39. The topological polar surface area (TPSA) is 57.6 Å². The fraction of sp³-hybridized carbons (Fsp3) is 0.474. The highest BCUT2D eigenvalue weighted by atomic mass is 35.5. The van der Waals surface area contributed by atoms with Gasteiger partial charge in [0.2, 0.25) is 5.91 Å². The number of halogens is 1. The maximum atomic E-state index is 12.6. The van der Waals surface area contributed by atoms with Crippen LogP contribution >= 0.6 is 11.6 Å². The summed E-state index contributed by atoms with van der Waals surface area (Å²) in [6.07, 6.45) is 6.29. The lowest BCUT2D eigenvalue weighted by molar-refractivity contribution is -0.136. The Kier molecular flexibility index (Phi) is 5.24. The Hall–Kier alpha value is -1.81. The van der Waals surface area contributed by atoms with Gasteiger partial charge in [-0.1, -0.05) is 42.6 Å². The Morgan fingerprint density at radius 3 is 2.38 bits per heavy atom. The predicted octanol–water partition coefficient (Wildman–Crippen LogP) is 3.85. The number of carboxylic acids is 1. The Bertz CT molecular complexity index is 656. The van der Waals surface area contributed by atoms with Crippen LogP contribution in [0.15, 0.2) is 29.8 Å². The molecule has 2 aliphatic rings. The molecule has 4 nitrogen and oxygen atoms in total. The van der Waals surface area contributed by atoms with Gasteiger partial charge in [0, 0.05) is 23.7 Å². The standard InChI is InChI=1S/C19H22ClNO3/c20-17-8-4-3-5-13(17)9-16(19(23)24)10-18(22)21-11-14-6-1-2-7-15(14)12-21/h3-5,8-9,14-15H,1-2,6-7,10-12H2,(H,23,24). The van der Waals surface area contributed by atoms with Crippen LogP contribution in [0, 0.1) is 11.8 Å². The minimum absolute atomic E-state index is 0.0833. The summed E-state index contributed by atoms with van der Waals surface area (Å²) in [5, 5.41) is 9.92. The first-order valence-electron chi connectivity index (χ1n) is 8.51. The summed E-state index contributed by atoms with van der Waals surface area (Å²) >= 11 is 6.09. The molecular weight excluding hydrogens is 326 g/mol. The molecule has 0 bridgehead atoms. The van der Waals surface area contributed by atoms with E-state index in [2.05, 4.69) is 0 Å². The molecule has 24 heavy (non-hydrogen) atoms. The molecule has 1 aromatic rings. The van der Waals surface area contributed by atoms with Gasteiger partial charge in [0.1, 0.15) is 0 Å². The highest BCUT2D eigenvalue weighted by Crippen LogP contribution is 2.36. The molecule has 1 aromatic carbocycles. The molecule has 1 N–H and O–H groups in total. The molecule has 128 valence electrons. The first-order chi connectivity index (χ1) is 11.5. The number of fused-ring (bicyclic) bond motifs is 1. The maximum absolute atomic E-state index is 12.6. The van der Waals surface area contributed by atoms with Crippen molar-refractivity contribution in [1.82, 2.24) is 4.90 Å². The van der Waals surface area contributed by atoms with Crippen molar-refractivity contribution in [2.24, 2.45) is 11.8 Å². The molecule has 1 heterocycles. The lowest BCUT2D eigenvalue weighted by Crippen LogP contribution is -2.29. The molecule has 1 aliphatic heterocycles. The number of aliphatic carboxylic acids is 1. The molecule has 1 amide bonds. The van der Waals surface area contributed by atoms with Crippen molar-refractivity contribution >= 4 is 29.6 Å². The Labute approximate surface area is 147 Å². The monoisotopic (exact) mass is 347 g/mol. The van der Waals surface area contributed by atoms with Crippen molar-refractivity contribution in [1.29, 1.82) is 0 Å². The summed E-state index contributed by atoms with van der Waals surface area (Å²) in [4.78, 5) is 26.0. The number of hydrogen-bond acceptors (Lipinski definition) is 2. The van der Waals surface area contributed by atoms with Crippen molar-refractivity contribution in [3.63, 3.8) is 0 Å². The number of likely N-dealkylation sites (tertiary alicyclic amines) is 1. The van der Waals surface area contributed by atoms with E-state index in [0.717, 1.165) is 13.1 Å². The van der Waals surface area contributed by atoms with Crippen LogP contribution in [0.1, 0.15) is 37.7 Å². The van der Waals surface area contributed by atoms with E-state index in [1.54, 1.807) is 24.3 Å². The minimum atomic E-state index is -1.07. The van der Waals surface area contributed by atoms with Crippen molar-refractivity contribution in [2.45, 2.75) is 32.1 Å². The zero-order chi connectivity index (χ0) is 17.1. The van der Waals surface area contributed by atoms with Crippen LogP contribution < -0.4 is 0 Å². The van der Waals surface area contributed by atoms with Crippen LogP contribution in [0.3, 0.4) is 0 Å². The molecule has 3 rings (SSSR count). The number of nitrogens with zero attached hydrogens (tertiary/aromatic N) is 1. The molecule has 1 saturated carbocycles. The number of rotatable bonds is 4. The van der Waals surface area contributed by atoms with E-state index in [9.17, 15) is 14.7 Å². The van der Waals surface area contributed by atoms with Crippen LogP contribution in [-0.2, 0) is 9.59 Å². The van der Waals surface area contributed by atoms with E-state index in [-0.39, 0.29) is 17.9 Å². The quantitative estimate of drug-likeness (QED) is 0.842. The van der Waals surface area contributed by atoms with Gasteiger partial charge >= 0.3 is 5.97 Å². The number of amides is 1. The van der Waals surface area contributed by atoms with E-state index in [0.29, 0.717) is 22.4 Å². The van der Waals surface area contributed by atoms with E-state index in [1.807, 2.05) is 4.90 Å². The molecular formula is C19H22ClNO3. The zero-order valence-electron chi connectivity index (χ0n) is 13.6. The third-order valence-electron chi connectivity index (χ3n) is 5.18. The van der Waals surface area contributed by atoms with Crippen molar-refractivity contribution in [2.75, 3.05) is 13.1 Å². The van der Waals surface area contributed by atoms with Gasteiger partial charge in [-0.05, 0) is 42.4 Å². The summed E-state index contributed by atoms with van der Waals surface area (Å²) < 4.78 is 0. The zero-order valence-corrected chi connectivity index (χ0v) is 14.3. The summed E-state index contributed by atoms with van der Waals surface area (Å²) in [6.45, 7) is 1.56. The smallest absolute Gasteiger partial charge is 0.332 e. The summed E-state index contributed by atoms with van der Waals surface area (Å²) in [6, 6.07) is 7.04. The lowest BCUT2D eigenvalue weighted by atomic mass is 9.82. The van der Waals surface area contributed by atoms with Gasteiger partial charge in [-0.15, -0.1) is 0 Å². The number of carbonyl (C=O) groups excluding carboxylic acids is 1. The molecule has 2 fully saturated rings. The average Bonchev–Trinajstić information content (AvgIpc) is 3.00. The lowest BCUT2D eigenvalue weighted by Gasteiger charge is -2.22. The Morgan fingerprint density at radius 2 is 1.79 bits per heavy atom. The van der Waals surface area contributed by atoms with Gasteiger partial charge in [-0.2, -0.15) is 0 Å². The summed E-state index contributed by atoms with van der Waals surface area (Å²) in [5.74, 6) is 0.0389. The fourth-order valence-corrected chi connectivity index (χ4v) is 4.04. The largest absolute Gasteiger partial charge is 0.478 e. The second-order valence-corrected chi connectivity index (χ2v) is 7.18. The minimum Gasteiger partial charge on any atom is -0.478 e. The molecule has 2 unspecified atom stereocenters. The molecule has 0 aromatic heterocycles. The van der Waals surface area contributed by atoms with Crippen LogP contribution in [0.2, 0.25) is 5.02 Å². The van der Waals surface area contributed by atoms with Crippen LogP contribution in [-0.4, -0.2) is 35.0 Å². The van der Waals surface area contributed by atoms with Gasteiger partial charge in [-0.25, -0.2) is 4.79 Å². The maximum Gasteiger partial charge on any atom is 0.332 e. The number of carboxylic acid groups (broad SMARTS) is 1. The van der Waals surface area contributed by atoms with E-state index >= 15 is 0 Å². The number of benzene rings is 1. The van der Waals surface area contributed by atoms with Gasteiger partial charge in [0.15, 0.2) is 0 Å². The highest BCUT2D eigenvalue weighted by molar-refractivity contribution is 6.32. The number of carbonyl (C=O) groups is 2. The van der Waals surface area contributed by atoms with Gasteiger partial charge < -0.3 is 10.0 Å². The first-order valence-corrected chi connectivity index (χ1v) is 8.88. The van der Waals surface area contributed by atoms with E-state index < -0.39 is 5.97 Å². The second-order valence-electron chi connectivity index (χ2n) is 6.78. The third-order valence-corrected chi connectivity index (χ3v) is 5.52. The highest BCUT2D eigenvalue weighted by Gasteiger charge is 2.36. The SMILES string of the molecule is O=C(O)C(=Cc1ccccc1Cl)CC(=O)N1CC2CCCCC2C1. The first kappa shape index (κ1) is 17.0. The fourth-order valence-electron chi connectivity index (χ4n) is 3.85. The molecule has 2 atom stereocenters. The third kappa shape index (κ3) is 3.81. The predicted molar refractivity (Wildman–Crippen MR) is 93.7 cm³/mol. The van der Waals surface area contributed by atoms with Gasteiger partial charge in [0.25, 0.3) is 0 Å². The normalized spacial score (nSPS) is 23.9. The van der Waals surface area contributed by atoms with Crippen LogP contribution in [0.5, 0.6) is 0 Å². The molecule has 1 saturated heterocycles. The van der Waals surface area contributed by atoms with Crippen molar-refractivity contribution in [3.05, 3.63) is 40.4 Å². The van der Waals surface area contributed by atoms with Crippen LogP contribution in [0.4, 0.5) is 0 Å². The van der Waals surface area contributed by atoms with E-state index in [1.165, 1.54) is 31.8 Å². The van der Waals surface area contributed by atoms with Gasteiger partial charge in [0.05, 0.1) is 6.42 Å². The Balaban J connectivity index is 1.71. The molecule has 0 spiro atoms. The summed E-state index contributed by atoms with van der Waals surface area (Å²) in [5.41, 5.74) is 0.711. The molecule has 1 aliphatic carbocycles. The van der Waals surface area contributed by atoms with Gasteiger partial charge in [-0.3, -0.25) is 4.79 Å². The molecule has 5 heteroatoms. The summed E-state index contributed by atoms with van der Waals surface area (Å²) in [7, 11) is 0. The molecule has 0 radical (unpaired) electrons. The van der Waals surface area contributed by atoms with Crippen molar-refractivity contribution in [3.8, 4) is 0 Å². The number of hydrogen-bond donors (Lipinski definition) is 1.